The number of nitriles is 1. The Hall–Kier alpha value is -1.96. The van der Waals surface area contributed by atoms with Crippen molar-refractivity contribution in [1.29, 1.82) is 5.26 Å². The van der Waals surface area contributed by atoms with Crippen LogP contribution in [-0.4, -0.2) is 15.5 Å². The van der Waals surface area contributed by atoms with Gasteiger partial charge in [0.2, 0.25) is 0 Å². The van der Waals surface area contributed by atoms with Crippen LogP contribution >= 0.6 is 0 Å². The van der Waals surface area contributed by atoms with Crippen LogP contribution in [-0.2, 0) is 5.54 Å². The summed E-state index contributed by atoms with van der Waals surface area (Å²) in [4.78, 5) is 0. The van der Waals surface area contributed by atoms with E-state index in [-0.39, 0.29) is 11.5 Å². The van der Waals surface area contributed by atoms with Crippen molar-refractivity contribution in [2.75, 3.05) is 0 Å². The predicted octanol–water partition coefficient (Wildman–Crippen LogP) is 0.441. The van der Waals surface area contributed by atoms with Crippen LogP contribution in [0.1, 0.15) is 19.7 Å². The van der Waals surface area contributed by atoms with Crippen LogP contribution in [0.25, 0.3) is 0 Å². The van der Waals surface area contributed by atoms with Crippen molar-refractivity contribution in [3.63, 3.8) is 0 Å². The Bertz CT molecular complexity index is 464. The van der Waals surface area contributed by atoms with Crippen LogP contribution in [0.4, 0.5) is 0 Å². The van der Waals surface area contributed by atoms with Gasteiger partial charge in [0.15, 0.2) is 11.3 Å². The minimum Gasteiger partial charge on any atom is -0.186 e. The zero-order valence-corrected chi connectivity index (χ0v) is 8.68. The number of H-pyrrole nitrogens is 1. The van der Waals surface area contributed by atoms with E-state index in [9.17, 15) is 0 Å². The molecule has 1 aliphatic rings. The molecule has 0 aliphatic heterocycles. The minimum absolute atomic E-state index is 0.279. The zero-order valence-electron chi connectivity index (χ0n) is 8.68. The molecule has 1 N–H and O–H groups in total. The van der Waals surface area contributed by atoms with E-state index in [1.54, 1.807) is 4.68 Å². The van der Waals surface area contributed by atoms with Gasteiger partial charge in [0.05, 0.1) is 0 Å². The molecule has 1 aromatic rings. The fourth-order valence-electron chi connectivity index (χ4n) is 1.72. The summed E-state index contributed by atoms with van der Waals surface area (Å²) < 4.78 is 1.69. The van der Waals surface area contributed by atoms with Crippen LogP contribution in [0, 0.1) is 17.2 Å². The second kappa shape index (κ2) is 3.31. The molecular weight excluding hydrogens is 190 g/mol. The van der Waals surface area contributed by atoms with E-state index >= 15 is 0 Å². The Morgan fingerprint density at radius 3 is 3.07 bits per heavy atom. The fraction of sp³-hybridized carbons (Fsp3) is 0.400. The molecule has 1 aliphatic carbocycles. The van der Waals surface area contributed by atoms with Gasteiger partial charge in [-0.2, -0.15) is 5.26 Å². The smallest absolute Gasteiger partial charge is 0.186 e. The van der Waals surface area contributed by atoms with Gasteiger partial charge >= 0.3 is 5.82 Å². The van der Waals surface area contributed by atoms with Gasteiger partial charge in [-0.3, -0.25) is 0 Å². The van der Waals surface area contributed by atoms with E-state index in [0.29, 0.717) is 5.82 Å². The Balaban J connectivity index is 2.51. The Morgan fingerprint density at radius 2 is 2.40 bits per heavy atom. The van der Waals surface area contributed by atoms with Crippen LogP contribution in [0.5, 0.6) is 0 Å². The molecule has 2 atom stereocenters. The first-order valence-electron chi connectivity index (χ1n) is 4.78. The predicted molar refractivity (Wildman–Crippen MR) is 52.4 cm³/mol. The molecular formula is C10H12N5+. The lowest BCUT2D eigenvalue weighted by Gasteiger charge is -2.29. The number of nitrogens with zero attached hydrogens (tertiary/aromatic N) is 4. The van der Waals surface area contributed by atoms with E-state index in [4.69, 9.17) is 5.26 Å². The molecule has 5 nitrogen and oxygen atoms in total. The second-order valence-corrected chi connectivity index (χ2v) is 3.83. The molecule has 2 rings (SSSR count). The summed E-state index contributed by atoms with van der Waals surface area (Å²) in [6, 6.07) is 2.02. The van der Waals surface area contributed by atoms with Crippen molar-refractivity contribution >= 4 is 0 Å². The third-order valence-corrected chi connectivity index (χ3v) is 2.95. The zero-order chi connectivity index (χ0) is 10.9. The molecule has 0 amide bonds. The maximum Gasteiger partial charge on any atom is 0.403 e. The molecule has 0 aromatic carbocycles. The summed E-state index contributed by atoms with van der Waals surface area (Å²) in [6.07, 6.45) is 8.10. The molecule has 0 fully saturated rings. The van der Waals surface area contributed by atoms with Gasteiger partial charge in [-0.1, -0.05) is 30.4 Å². The average Bonchev–Trinajstić information content (AvgIpc) is 2.71. The van der Waals surface area contributed by atoms with Crippen molar-refractivity contribution in [1.82, 2.24) is 15.5 Å². The van der Waals surface area contributed by atoms with Gasteiger partial charge in [-0.05, 0) is 13.0 Å². The number of tetrazole rings is 1. The van der Waals surface area contributed by atoms with Crippen molar-refractivity contribution < 1.29 is 4.68 Å². The third kappa shape index (κ3) is 1.34. The molecule has 0 saturated carbocycles. The van der Waals surface area contributed by atoms with Gasteiger partial charge in [0.1, 0.15) is 10.6 Å². The monoisotopic (exact) mass is 202 g/mol. The van der Waals surface area contributed by atoms with Gasteiger partial charge in [0, 0.05) is 5.92 Å². The lowest BCUT2D eigenvalue weighted by molar-refractivity contribution is -0.809. The third-order valence-electron chi connectivity index (χ3n) is 2.95. The van der Waals surface area contributed by atoms with Crippen molar-refractivity contribution in [2.24, 2.45) is 5.92 Å². The SMILES string of the molecule is CC1C=CC=CC1(C)[n+]1[nH]nnc1C#N. The molecule has 0 bridgehead atoms. The van der Waals surface area contributed by atoms with Crippen LogP contribution < -0.4 is 4.68 Å². The summed E-state index contributed by atoms with van der Waals surface area (Å²) in [6.45, 7) is 4.13. The molecule has 15 heavy (non-hydrogen) atoms. The number of rotatable bonds is 1. The maximum absolute atomic E-state index is 8.90. The number of allylic oxidation sites excluding steroid dienone is 4. The number of nitrogens with one attached hydrogen (secondary N) is 1. The molecule has 1 heterocycles. The quantitative estimate of drug-likeness (QED) is 0.672. The first-order chi connectivity index (χ1) is 7.18. The summed E-state index contributed by atoms with van der Waals surface area (Å²) in [7, 11) is 0. The molecule has 1 aromatic heterocycles. The highest BCUT2D eigenvalue weighted by molar-refractivity contribution is 5.17. The molecule has 76 valence electrons. The second-order valence-electron chi connectivity index (χ2n) is 3.83. The first-order valence-corrected chi connectivity index (χ1v) is 4.78. The van der Waals surface area contributed by atoms with Gasteiger partial charge < -0.3 is 0 Å². The summed E-state index contributed by atoms with van der Waals surface area (Å²) >= 11 is 0. The number of aromatic amines is 1. The van der Waals surface area contributed by atoms with Crippen molar-refractivity contribution in [3.05, 3.63) is 30.1 Å². The maximum atomic E-state index is 8.90. The summed E-state index contributed by atoms with van der Waals surface area (Å²) in [5.41, 5.74) is -0.302. The highest BCUT2D eigenvalue weighted by Gasteiger charge is 2.38. The molecule has 2 unspecified atom stereocenters. The number of hydrogen-bond donors (Lipinski definition) is 1. The fourth-order valence-corrected chi connectivity index (χ4v) is 1.72. The van der Waals surface area contributed by atoms with E-state index in [2.05, 4.69) is 28.5 Å². The highest BCUT2D eigenvalue weighted by atomic mass is 15.6. The minimum atomic E-state index is -0.302. The largest absolute Gasteiger partial charge is 0.403 e. The molecule has 0 spiro atoms. The Morgan fingerprint density at radius 1 is 1.60 bits per heavy atom. The van der Waals surface area contributed by atoms with E-state index < -0.39 is 0 Å². The Kier molecular flexibility index (Phi) is 2.12. The molecule has 0 saturated heterocycles. The van der Waals surface area contributed by atoms with Crippen molar-refractivity contribution in [3.8, 4) is 6.07 Å². The topological polar surface area (TPSA) is 69.2 Å². The highest BCUT2D eigenvalue weighted by Crippen LogP contribution is 2.25. The molecule has 0 radical (unpaired) electrons. The van der Waals surface area contributed by atoms with Gasteiger partial charge in [-0.15, -0.1) is 4.68 Å². The van der Waals surface area contributed by atoms with E-state index in [1.807, 2.05) is 31.2 Å². The number of hydrogen-bond acceptors (Lipinski definition) is 3. The van der Waals surface area contributed by atoms with Crippen LogP contribution in [0.3, 0.4) is 0 Å². The summed E-state index contributed by atoms with van der Waals surface area (Å²) in [5.74, 6) is 0.575. The lowest BCUT2D eigenvalue weighted by Crippen LogP contribution is -2.60. The van der Waals surface area contributed by atoms with Crippen LogP contribution in [0.2, 0.25) is 0 Å². The Labute approximate surface area is 87.7 Å². The standard InChI is InChI=1S/C10H11N5/c1-8-5-3-4-6-10(8,2)15-9(7-11)12-13-14-15/h3-6,8H,1-2H3/p+1. The van der Waals surface area contributed by atoms with Gasteiger partial charge in [-0.25, -0.2) is 0 Å². The lowest BCUT2D eigenvalue weighted by atomic mass is 9.83. The van der Waals surface area contributed by atoms with Crippen LogP contribution in [0.15, 0.2) is 24.3 Å². The normalized spacial score (nSPS) is 29.0. The van der Waals surface area contributed by atoms with E-state index in [1.165, 1.54) is 0 Å². The van der Waals surface area contributed by atoms with Crippen molar-refractivity contribution in [2.45, 2.75) is 19.4 Å². The first kappa shape index (κ1) is 9.59. The summed E-state index contributed by atoms with van der Waals surface area (Å²) in [5, 5.41) is 19.0. The molecule has 5 heteroatoms. The number of aromatic nitrogens is 4. The average molecular weight is 202 g/mol. The van der Waals surface area contributed by atoms with Gasteiger partial charge in [0.25, 0.3) is 0 Å². The van der Waals surface area contributed by atoms with E-state index in [0.717, 1.165) is 0 Å².